The lowest BCUT2D eigenvalue weighted by atomic mass is 10.1. The zero-order valence-corrected chi connectivity index (χ0v) is 10.00. The zero-order chi connectivity index (χ0) is 14.6. The normalized spacial score (nSPS) is 12.8. The molecule has 0 spiro atoms. The SMILES string of the molecule is O=C(O)C(Cc1ccc(Cl)cn1)NC(=O)C(F)(F)F. The quantitative estimate of drug-likeness (QED) is 0.880. The van der Waals surface area contributed by atoms with Crippen molar-refractivity contribution in [2.24, 2.45) is 0 Å². The molecule has 1 atom stereocenters. The molecule has 1 unspecified atom stereocenters. The van der Waals surface area contributed by atoms with Gasteiger partial charge in [-0.2, -0.15) is 13.2 Å². The molecule has 0 saturated heterocycles. The molecule has 2 N–H and O–H groups in total. The van der Waals surface area contributed by atoms with Crippen molar-refractivity contribution in [3.05, 3.63) is 29.0 Å². The smallest absolute Gasteiger partial charge is 0.471 e. The summed E-state index contributed by atoms with van der Waals surface area (Å²) in [6.45, 7) is 0. The maximum absolute atomic E-state index is 12.0. The fourth-order valence-electron chi connectivity index (χ4n) is 1.18. The molecule has 104 valence electrons. The van der Waals surface area contributed by atoms with Gasteiger partial charge in [-0.05, 0) is 12.1 Å². The van der Waals surface area contributed by atoms with E-state index in [2.05, 4.69) is 4.98 Å². The Bertz CT molecular complexity index is 476. The number of carboxylic acids is 1. The average Bonchev–Trinajstić information content (AvgIpc) is 2.29. The second-order valence-electron chi connectivity index (χ2n) is 3.53. The number of alkyl halides is 3. The first kappa shape index (κ1) is 15.2. The Kier molecular flexibility index (Phi) is 4.71. The molecule has 0 aliphatic rings. The van der Waals surface area contributed by atoms with Gasteiger partial charge in [-0.1, -0.05) is 11.6 Å². The Morgan fingerprint density at radius 3 is 2.47 bits per heavy atom. The zero-order valence-electron chi connectivity index (χ0n) is 9.24. The molecule has 0 saturated carbocycles. The number of carbonyl (C=O) groups is 2. The van der Waals surface area contributed by atoms with Crippen molar-refractivity contribution in [2.45, 2.75) is 18.6 Å². The lowest BCUT2D eigenvalue weighted by Crippen LogP contribution is -2.48. The van der Waals surface area contributed by atoms with E-state index in [1.165, 1.54) is 23.6 Å². The minimum atomic E-state index is -5.14. The largest absolute Gasteiger partial charge is 0.480 e. The van der Waals surface area contributed by atoms with Gasteiger partial charge in [0.25, 0.3) is 0 Å². The first-order valence-electron chi connectivity index (χ1n) is 4.91. The van der Waals surface area contributed by atoms with Crippen molar-refractivity contribution in [1.82, 2.24) is 10.3 Å². The third kappa shape index (κ3) is 4.74. The van der Waals surface area contributed by atoms with Crippen LogP contribution in [0.5, 0.6) is 0 Å². The summed E-state index contributed by atoms with van der Waals surface area (Å²) in [5, 5.41) is 10.5. The second-order valence-corrected chi connectivity index (χ2v) is 3.97. The molecular weight excluding hydrogens is 289 g/mol. The Balaban J connectivity index is 2.77. The number of halogens is 4. The molecule has 1 amide bonds. The van der Waals surface area contributed by atoms with Gasteiger partial charge < -0.3 is 10.4 Å². The fourth-order valence-corrected chi connectivity index (χ4v) is 1.29. The number of carboxylic acid groups (broad SMARTS) is 1. The van der Waals surface area contributed by atoms with Crippen molar-refractivity contribution in [3.63, 3.8) is 0 Å². The summed E-state index contributed by atoms with van der Waals surface area (Å²) in [7, 11) is 0. The van der Waals surface area contributed by atoms with Gasteiger partial charge in [0.15, 0.2) is 0 Å². The van der Waals surface area contributed by atoms with E-state index in [9.17, 15) is 22.8 Å². The molecule has 0 aliphatic carbocycles. The first-order chi connectivity index (χ1) is 8.70. The van der Waals surface area contributed by atoms with Gasteiger partial charge in [-0.25, -0.2) is 4.79 Å². The maximum atomic E-state index is 12.0. The third-order valence-electron chi connectivity index (χ3n) is 2.06. The topological polar surface area (TPSA) is 79.3 Å². The molecule has 19 heavy (non-hydrogen) atoms. The highest BCUT2D eigenvalue weighted by Crippen LogP contribution is 2.15. The number of hydrogen-bond donors (Lipinski definition) is 2. The van der Waals surface area contributed by atoms with Gasteiger partial charge >= 0.3 is 18.1 Å². The Hall–Kier alpha value is -1.83. The molecule has 1 aromatic rings. The van der Waals surface area contributed by atoms with Crippen LogP contribution in [0.2, 0.25) is 5.02 Å². The number of nitrogens with one attached hydrogen (secondary N) is 1. The van der Waals surface area contributed by atoms with Gasteiger partial charge in [-0.3, -0.25) is 9.78 Å². The van der Waals surface area contributed by atoms with E-state index >= 15 is 0 Å². The standard InChI is InChI=1S/C10H8ClF3N2O3/c11-5-1-2-6(15-4-5)3-7(8(17)18)16-9(19)10(12,13)14/h1-2,4,7H,3H2,(H,16,19)(H,17,18). The monoisotopic (exact) mass is 296 g/mol. The molecule has 1 rings (SSSR count). The predicted molar refractivity (Wildman–Crippen MR) is 58.6 cm³/mol. The maximum Gasteiger partial charge on any atom is 0.471 e. The summed E-state index contributed by atoms with van der Waals surface area (Å²) in [5.74, 6) is -3.90. The number of hydrogen-bond acceptors (Lipinski definition) is 3. The molecule has 1 heterocycles. The number of rotatable bonds is 4. The average molecular weight is 297 g/mol. The van der Waals surface area contributed by atoms with Crippen molar-refractivity contribution in [3.8, 4) is 0 Å². The molecule has 1 aromatic heterocycles. The highest BCUT2D eigenvalue weighted by atomic mass is 35.5. The van der Waals surface area contributed by atoms with Gasteiger partial charge in [0.2, 0.25) is 0 Å². The van der Waals surface area contributed by atoms with Crippen LogP contribution < -0.4 is 5.32 Å². The molecule has 0 radical (unpaired) electrons. The van der Waals surface area contributed by atoms with Crippen molar-refractivity contribution in [1.29, 1.82) is 0 Å². The summed E-state index contributed by atoms with van der Waals surface area (Å²) >= 11 is 5.56. The second kappa shape index (κ2) is 5.87. The van der Waals surface area contributed by atoms with Crippen molar-refractivity contribution < 1.29 is 27.9 Å². The highest BCUT2D eigenvalue weighted by molar-refractivity contribution is 6.30. The Morgan fingerprint density at radius 2 is 2.05 bits per heavy atom. The van der Waals surface area contributed by atoms with Crippen LogP contribution in [0.25, 0.3) is 0 Å². The molecule has 5 nitrogen and oxygen atoms in total. The van der Waals surface area contributed by atoms with Crippen molar-refractivity contribution in [2.75, 3.05) is 0 Å². The van der Waals surface area contributed by atoms with Gasteiger partial charge in [0.05, 0.1) is 5.02 Å². The van der Waals surface area contributed by atoms with Crippen molar-refractivity contribution >= 4 is 23.5 Å². The minimum Gasteiger partial charge on any atom is -0.480 e. The van der Waals surface area contributed by atoms with E-state index in [0.717, 1.165) is 0 Å². The summed E-state index contributed by atoms with van der Waals surface area (Å²) in [4.78, 5) is 25.2. The van der Waals surface area contributed by atoms with Crippen LogP contribution in [0.15, 0.2) is 18.3 Å². The van der Waals surface area contributed by atoms with Crippen LogP contribution in [0.3, 0.4) is 0 Å². The van der Waals surface area contributed by atoms with Crippen LogP contribution in [-0.4, -0.2) is 34.2 Å². The highest BCUT2D eigenvalue weighted by Gasteiger charge is 2.40. The Morgan fingerprint density at radius 1 is 1.42 bits per heavy atom. The first-order valence-corrected chi connectivity index (χ1v) is 5.29. The van der Waals surface area contributed by atoms with Crippen LogP contribution in [0, 0.1) is 0 Å². The summed E-state index contributed by atoms with van der Waals surface area (Å²) in [6, 6.07) is 1.05. The summed E-state index contributed by atoms with van der Waals surface area (Å²) < 4.78 is 36.1. The number of pyridine rings is 1. The van der Waals surface area contributed by atoms with Crippen LogP contribution in [0.4, 0.5) is 13.2 Å². The molecular formula is C10H8ClF3N2O3. The molecule has 9 heteroatoms. The number of aliphatic carboxylic acids is 1. The van der Waals surface area contributed by atoms with Crippen LogP contribution in [-0.2, 0) is 16.0 Å². The fraction of sp³-hybridized carbons (Fsp3) is 0.300. The van der Waals surface area contributed by atoms with E-state index in [1.54, 1.807) is 0 Å². The Labute approximate surface area is 110 Å². The minimum absolute atomic E-state index is 0.194. The number of aromatic nitrogens is 1. The van der Waals surface area contributed by atoms with E-state index in [0.29, 0.717) is 5.02 Å². The summed E-state index contributed by atoms with van der Waals surface area (Å²) in [6.07, 6.45) is -4.29. The third-order valence-corrected chi connectivity index (χ3v) is 2.29. The van der Waals surface area contributed by atoms with Gasteiger partial charge in [-0.15, -0.1) is 0 Å². The van der Waals surface area contributed by atoms with E-state index in [-0.39, 0.29) is 12.1 Å². The number of amides is 1. The van der Waals surface area contributed by atoms with Crippen LogP contribution >= 0.6 is 11.6 Å². The van der Waals surface area contributed by atoms with E-state index < -0.39 is 24.1 Å². The molecule has 0 bridgehead atoms. The van der Waals surface area contributed by atoms with E-state index in [4.69, 9.17) is 16.7 Å². The lowest BCUT2D eigenvalue weighted by molar-refractivity contribution is -0.175. The number of carbonyl (C=O) groups excluding carboxylic acids is 1. The van der Waals surface area contributed by atoms with Gasteiger partial charge in [0.1, 0.15) is 6.04 Å². The van der Waals surface area contributed by atoms with Crippen LogP contribution in [0.1, 0.15) is 5.69 Å². The summed E-state index contributed by atoms with van der Waals surface area (Å²) in [5.41, 5.74) is 0.194. The molecule has 0 aromatic carbocycles. The van der Waals surface area contributed by atoms with Gasteiger partial charge in [0, 0.05) is 18.3 Å². The molecule has 0 fully saturated rings. The lowest BCUT2D eigenvalue weighted by Gasteiger charge is -2.15. The number of nitrogens with zero attached hydrogens (tertiary/aromatic N) is 1. The predicted octanol–water partition coefficient (Wildman–Crippen LogP) is 1.41. The van der Waals surface area contributed by atoms with E-state index in [1.807, 2.05) is 0 Å². The molecule has 0 aliphatic heterocycles.